The van der Waals surface area contributed by atoms with Crippen molar-refractivity contribution >= 4 is 69.1 Å². The zero-order valence-corrected chi connectivity index (χ0v) is 22.8. The smallest absolute Gasteiger partial charge is 0.294 e. The molecule has 2 heterocycles. The van der Waals surface area contributed by atoms with Gasteiger partial charge in [-0.3, -0.25) is 19.3 Å². The lowest BCUT2D eigenvalue weighted by Gasteiger charge is -2.18. The van der Waals surface area contributed by atoms with Crippen molar-refractivity contribution in [2.75, 3.05) is 26.2 Å². The van der Waals surface area contributed by atoms with E-state index in [1.165, 1.54) is 0 Å². The van der Waals surface area contributed by atoms with Crippen LogP contribution in [0.4, 0.5) is 4.79 Å². The zero-order chi connectivity index (χ0) is 24.9. The summed E-state index contributed by atoms with van der Waals surface area (Å²) in [5.74, 6) is 0.453. The fraction of sp³-hybridized carbons (Fsp3) is 0.320. The van der Waals surface area contributed by atoms with Crippen LogP contribution in [0.25, 0.3) is 6.08 Å². The third kappa shape index (κ3) is 6.13. The topological polar surface area (TPSA) is 76.2 Å². The molecule has 0 spiro atoms. The lowest BCUT2D eigenvalue weighted by atomic mass is 10.1. The van der Waals surface area contributed by atoms with Crippen molar-refractivity contribution in [2.24, 2.45) is 0 Å². The van der Waals surface area contributed by atoms with Gasteiger partial charge in [0.1, 0.15) is 13.2 Å². The Morgan fingerprint density at radius 2 is 1.91 bits per heavy atom. The molecule has 2 saturated heterocycles. The van der Waals surface area contributed by atoms with Crippen molar-refractivity contribution < 1.29 is 23.9 Å². The molecule has 2 fully saturated rings. The number of imide groups is 1. The van der Waals surface area contributed by atoms with E-state index in [0.717, 1.165) is 38.6 Å². The summed E-state index contributed by atoms with van der Waals surface area (Å²) in [6.07, 6.45) is 3.55. The molecule has 2 aromatic carbocycles. The number of nitrogens with zero attached hydrogens (tertiary/aromatic N) is 2. The van der Waals surface area contributed by atoms with Crippen molar-refractivity contribution in [3.8, 4) is 11.5 Å². The SMILES string of the molecule is CCOc1cc(/C=C2\SC(=O)N(CC(=O)N3CCCC3)C2=O)cc(I)c1OCc1ccccc1Cl. The molecule has 3 amide bonds. The van der Waals surface area contributed by atoms with Crippen LogP contribution in [0.15, 0.2) is 41.3 Å². The van der Waals surface area contributed by atoms with E-state index in [1.54, 1.807) is 17.0 Å². The van der Waals surface area contributed by atoms with Gasteiger partial charge < -0.3 is 14.4 Å². The number of carbonyl (C=O) groups excluding carboxylic acids is 3. The first-order valence-corrected chi connectivity index (χ1v) is 13.5. The molecule has 0 aromatic heterocycles. The maximum atomic E-state index is 12.9. The number of hydrogen-bond acceptors (Lipinski definition) is 6. The van der Waals surface area contributed by atoms with E-state index in [9.17, 15) is 14.4 Å². The lowest BCUT2D eigenvalue weighted by molar-refractivity contribution is -0.135. The summed E-state index contributed by atoms with van der Waals surface area (Å²) < 4.78 is 12.6. The Labute approximate surface area is 226 Å². The number of ether oxygens (including phenoxy) is 2. The molecule has 0 N–H and O–H groups in total. The number of likely N-dealkylation sites (tertiary alicyclic amines) is 1. The maximum Gasteiger partial charge on any atom is 0.294 e. The van der Waals surface area contributed by atoms with Crippen LogP contribution in [0.1, 0.15) is 30.9 Å². The molecule has 7 nitrogen and oxygen atoms in total. The minimum absolute atomic E-state index is 0.195. The van der Waals surface area contributed by atoms with Crippen LogP contribution >= 0.6 is 46.0 Å². The zero-order valence-electron chi connectivity index (χ0n) is 19.1. The third-order valence-electron chi connectivity index (χ3n) is 5.59. The first-order chi connectivity index (χ1) is 16.9. The molecule has 0 radical (unpaired) electrons. The van der Waals surface area contributed by atoms with Gasteiger partial charge in [0.25, 0.3) is 11.1 Å². The van der Waals surface area contributed by atoms with Gasteiger partial charge in [-0.25, -0.2) is 0 Å². The Kier molecular flexibility index (Phi) is 8.61. The minimum Gasteiger partial charge on any atom is -0.490 e. The van der Waals surface area contributed by atoms with Crippen molar-refractivity contribution in [3.63, 3.8) is 0 Å². The van der Waals surface area contributed by atoms with Crippen molar-refractivity contribution in [3.05, 3.63) is 61.0 Å². The van der Waals surface area contributed by atoms with E-state index < -0.39 is 11.1 Å². The standard InChI is InChI=1S/C25H24ClIN2O5S/c1-2-33-20-12-16(11-19(27)23(20)34-15-17-7-3-4-8-18(17)26)13-21-24(31)29(25(32)35-21)14-22(30)28-9-5-6-10-28/h3-4,7-8,11-13H,2,5-6,9-10,14-15H2,1H3/b21-13-. The summed E-state index contributed by atoms with van der Waals surface area (Å²) in [5, 5.41) is 0.184. The van der Waals surface area contributed by atoms with Crippen LogP contribution < -0.4 is 9.47 Å². The second-order valence-corrected chi connectivity index (χ2v) is 10.6. The van der Waals surface area contributed by atoms with Gasteiger partial charge in [-0.05, 0) is 84.0 Å². The van der Waals surface area contributed by atoms with Gasteiger partial charge in [-0.1, -0.05) is 29.8 Å². The molecule has 0 saturated carbocycles. The highest BCUT2D eigenvalue weighted by atomic mass is 127. The van der Waals surface area contributed by atoms with Crippen LogP contribution in [0.2, 0.25) is 5.02 Å². The summed E-state index contributed by atoms with van der Waals surface area (Å²) in [6, 6.07) is 11.1. The van der Waals surface area contributed by atoms with Crippen LogP contribution in [-0.4, -0.2) is 53.1 Å². The predicted molar refractivity (Wildman–Crippen MR) is 145 cm³/mol. The monoisotopic (exact) mass is 626 g/mol. The largest absolute Gasteiger partial charge is 0.490 e. The minimum atomic E-state index is -0.459. The molecule has 0 unspecified atom stereocenters. The van der Waals surface area contributed by atoms with Gasteiger partial charge in [-0.2, -0.15) is 0 Å². The molecule has 2 aliphatic rings. The Morgan fingerprint density at radius 1 is 1.17 bits per heavy atom. The summed E-state index contributed by atoms with van der Waals surface area (Å²) in [7, 11) is 0. The van der Waals surface area contributed by atoms with Crippen LogP contribution in [0.5, 0.6) is 11.5 Å². The molecule has 35 heavy (non-hydrogen) atoms. The van der Waals surface area contributed by atoms with Crippen LogP contribution in [0.3, 0.4) is 0 Å². The molecular weight excluding hydrogens is 603 g/mol. The Bertz CT molecular complexity index is 1180. The number of benzene rings is 2. The molecule has 184 valence electrons. The van der Waals surface area contributed by atoms with Crippen molar-refractivity contribution in [1.82, 2.24) is 9.80 Å². The number of amides is 3. The summed E-state index contributed by atoms with van der Waals surface area (Å²) in [5.41, 5.74) is 1.55. The van der Waals surface area contributed by atoms with E-state index in [2.05, 4.69) is 22.6 Å². The second-order valence-electron chi connectivity index (χ2n) is 8.00. The molecular formula is C25H24ClIN2O5S. The molecule has 0 aliphatic carbocycles. The van der Waals surface area contributed by atoms with E-state index >= 15 is 0 Å². The van der Waals surface area contributed by atoms with Crippen molar-refractivity contribution in [1.29, 1.82) is 0 Å². The number of rotatable bonds is 8. The fourth-order valence-electron chi connectivity index (χ4n) is 3.83. The Morgan fingerprint density at radius 3 is 2.63 bits per heavy atom. The summed E-state index contributed by atoms with van der Waals surface area (Å²) in [6.45, 7) is 3.71. The second kappa shape index (κ2) is 11.7. The Hall–Kier alpha value is -2.24. The van der Waals surface area contributed by atoms with E-state index in [0.29, 0.717) is 41.8 Å². The third-order valence-corrected chi connectivity index (χ3v) is 7.66. The van der Waals surface area contributed by atoms with Gasteiger partial charge in [0, 0.05) is 23.7 Å². The van der Waals surface area contributed by atoms with Gasteiger partial charge in [-0.15, -0.1) is 0 Å². The summed E-state index contributed by atoms with van der Waals surface area (Å²) in [4.78, 5) is 40.8. The maximum absolute atomic E-state index is 12.9. The highest BCUT2D eigenvalue weighted by molar-refractivity contribution is 14.1. The van der Waals surface area contributed by atoms with Crippen LogP contribution in [-0.2, 0) is 16.2 Å². The molecule has 0 atom stereocenters. The van der Waals surface area contributed by atoms with Gasteiger partial charge in [0.2, 0.25) is 5.91 Å². The average Bonchev–Trinajstić information content (AvgIpc) is 3.45. The van der Waals surface area contributed by atoms with Crippen molar-refractivity contribution in [2.45, 2.75) is 26.4 Å². The quantitative estimate of drug-likeness (QED) is 0.281. The molecule has 2 aliphatic heterocycles. The Balaban J connectivity index is 1.52. The summed E-state index contributed by atoms with van der Waals surface area (Å²) >= 11 is 9.24. The van der Waals surface area contributed by atoms with E-state index in [-0.39, 0.29) is 24.0 Å². The molecule has 2 aromatic rings. The lowest BCUT2D eigenvalue weighted by Crippen LogP contribution is -2.40. The fourth-order valence-corrected chi connectivity index (χ4v) is 5.64. The predicted octanol–water partition coefficient (Wildman–Crippen LogP) is 5.58. The van der Waals surface area contributed by atoms with Crippen LogP contribution in [0, 0.1) is 3.57 Å². The van der Waals surface area contributed by atoms with E-state index in [1.807, 2.05) is 37.3 Å². The first-order valence-electron chi connectivity index (χ1n) is 11.2. The van der Waals surface area contributed by atoms with Gasteiger partial charge >= 0.3 is 0 Å². The normalized spacial score (nSPS) is 16.9. The molecule has 4 rings (SSSR count). The van der Waals surface area contributed by atoms with E-state index in [4.69, 9.17) is 21.1 Å². The molecule has 10 heteroatoms. The van der Waals surface area contributed by atoms with Gasteiger partial charge in [0.05, 0.1) is 15.1 Å². The number of halogens is 2. The number of hydrogen-bond donors (Lipinski definition) is 0. The first kappa shape index (κ1) is 25.8. The molecule has 0 bridgehead atoms. The number of thioether (sulfide) groups is 1. The number of carbonyl (C=O) groups is 3. The average molecular weight is 627 g/mol. The van der Waals surface area contributed by atoms with Gasteiger partial charge in [0.15, 0.2) is 11.5 Å². The highest BCUT2D eigenvalue weighted by Crippen LogP contribution is 2.38. The highest BCUT2D eigenvalue weighted by Gasteiger charge is 2.37.